The quantitative estimate of drug-likeness (QED) is 0.147. The lowest BCUT2D eigenvalue weighted by Crippen LogP contribution is -2.47. The Morgan fingerprint density at radius 3 is 1.46 bits per heavy atom. The normalized spacial score (nSPS) is 16.7. The van der Waals surface area contributed by atoms with Crippen LogP contribution < -0.4 is 9.80 Å². The van der Waals surface area contributed by atoms with Crippen molar-refractivity contribution in [2.24, 2.45) is 0 Å². The molecule has 4 aliphatic heterocycles. The maximum absolute atomic E-state index is 13.9. The molecule has 59 heavy (non-hydrogen) atoms. The summed E-state index contributed by atoms with van der Waals surface area (Å²) >= 11 is 4.27. The van der Waals surface area contributed by atoms with Crippen LogP contribution in [0.2, 0.25) is 0 Å². The van der Waals surface area contributed by atoms with Crippen LogP contribution in [-0.4, -0.2) is 153 Å². The van der Waals surface area contributed by atoms with Crippen LogP contribution in [-0.2, 0) is 19.1 Å². The topological polar surface area (TPSA) is 140 Å². The highest BCUT2D eigenvalue weighted by Gasteiger charge is 2.36. The molecule has 0 unspecified atom stereocenters. The van der Waals surface area contributed by atoms with Gasteiger partial charge in [-0.15, -0.1) is 0 Å². The number of hydrogen-bond acceptors (Lipinski definition) is 11. The minimum absolute atomic E-state index is 0.00192. The van der Waals surface area contributed by atoms with E-state index in [1.807, 2.05) is 36.4 Å². The van der Waals surface area contributed by atoms with Crippen LogP contribution in [0, 0.1) is 0 Å². The van der Waals surface area contributed by atoms with Crippen molar-refractivity contribution in [1.29, 1.82) is 0 Å². The van der Waals surface area contributed by atoms with E-state index in [9.17, 15) is 28.8 Å². The summed E-state index contributed by atoms with van der Waals surface area (Å²) in [5.41, 5.74) is 3.71. The van der Waals surface area contributed by atoms with Crippen molar-refractivity contribution >= 4 is 81.0 Å². The number of imide groups is 2. The summed E-state index contributed by atoms with van der Waals surface area (Å²) < 4.78 is 11.1. The highest BCUT2D eigenvalue weighted by atomic mass is 32.1. The maximum atomic E-state index is 13.9. The van der Waals surface area contributed by atoms with E-state index < -0.39 is 23.6 Å². The number of anilines is 2. The smallest absolute Gasteiger partial charge is 0.261 e. The van der Waals surface area contributed by atoms with Gasteiger partial charge in [0.1, 0.15) is 0 Å². The number of rotatable bonds is 14. The SMILES string of the molecule is CC(=O)N(CCCN(CCN1C(=O)c2cccc3c(N4CCOCC4)ccc(c23)C1=O)C(=O)CCS)CCN1C(=O)c2cccc3c(N4CCOCC4)ccc(c23)C1=O. The molecule has 14 nitrogen and oxygen atoms in total. The molecule has 4 aromatic rings. The predicted molar refractivity (Wildman–Crippen MR) is 227 cm³/mol. The van der Waals surface area contributed by atoms with Gasteiger partial charge in [0, 0.05) is 134 Å². The lowest BCUT2D eigenvalue weighted by molar-refractivity contribution is -0.131. The highest BCUT2D eigenvalue weighted by Crippen LogP contribution is 2.38. The third-order valence-electron chi connectivity index (χ3n) is 11.8. The fourth-order valence-corrected chi connectivity index (χ4v) is 8.95. The summed E-state index contributed by atoms with van der Waals surface area (Å²) in [4.78, 5) is 91.7. The molecule has 2 saturated heterocycles. The van der Waals surface area contributed by atoms with Gasteiger partial charge >= 0.3 is 0 Å². The zero-order valence-corrected chi connectivity index (χ0v) is 34.1. The Bertz CT molecular complexity index is 2300. The van der Waals surface area contributed by atoms with E-state index in [4.69, 9.17) is 9.47 Å². The molecule has 0 aliphatic carbocycles. The third kappa shape index (κ3) is 7.74. The van der Waals surface area contributed by atoms with Crippen molar-refractivity contribution in [3.63, 3.8) is 0 Å². The van der Waals surface area contributed by atoms with Gasteiger partial charge in [-0.2, -0.15) is 12.6 Å². The lowest BCUT2D eigenvalue weighted by Gasteiger charge is -2.33. The Morgan fingerprint density at radius 2 is 1.02 bits per heavy atom. The van der Waals surface area contributed by atoms with Crippen LogP contribution in [0.15, 0.2) is 60.7 Å². The summed E-state index contributed by atoms with van der Waals surface area (Å²) in [6.07, 6.45) is 0.551. The molecule has 4 heterocycles. The van der Waals surface area contributed by atoms with Crippen molar-refractivity contribution in [3.05, 3.63) is 82.9 Å². The molecule has 308 valence electrons. The number of morpholine rings is 2. The van der Waals surface area contributed by atoms with Crippen molar-refractivity contribution in [3.8, 4) is 0 Å². The average Bonchev–Trinajstić information content (AvgIpc) is 3.26. The molecular weight excluding hydrogens is 773 g/mol. The molecule has 15 heteroatoms. The first-order valence-electron chi connectivity index (χ1n) is 20.3. The summed E-state index contributed by atoms with van der Waals surface area (Å²) in [7, 11) is 0. The number of benzene rings is 4. The zero-order valence-electron chi connectivity index (χ0n) is 33.2. The van der Waals surface area contributed by atoms with Gasteiger partial charge < -0.3 is 29.1 Å². The van der Waals surface area contributed by atoms with Crippen LogP contribution in [0.5, 0.6) is 0 Å². The Labute approximate surface area is 347 Å². The van der Waals surface area contributed by atoms with E-state index in [0.29, 0.717) is 84.7 Å². The molecule has 0 spiro atoms. The molecular formula is C44H48N6O8S. The second-order valence-corrected chi connectivity index (χ2v) is 15.6. The standard InChI is InChI=1S/C44H48N6O8S/c1-29(51)45(16-18-49-41(53)32-7-2-5-30-36(46-20-24-57-25-21-46)11-9-34(39(30)32)43(49)55)14-4-15-48(38(52)13-28-59)17-19-50-42(54)33-8-3-6-31-37(47-22-26-58-27-23-47)12-10-35(40(31)33)44(50)56/h2-3,5-12,59H,4,13-28H2,1H3. The number of carbonyl (C=O) groups excluding carboxylic acids is 6. The Hall–Kier alpha value is -5.51. The van der Waals surface area contributed by atoms with Crippen LogP contribution in [0.4, 0.5) is 11.4 Å². The molecule has 0 atom stereocenters. The first-order valence-corrected chi connectivity index (χ1v) is 20.9. The van der Waals surface area contributed by atoms with Crippen LogP contribution >= 0.6 is 12.6 Å². The molecule has 0 aromatic heterocycles. The number of ether oxygens (including phenoxy) is 2. The number of carbonyl (C=O) groups is 6. The first kappa shape index (κ1) is 40.3. The van der Waals surface area contributed by atoms with E-state index in [1.54, 1.807) is 34.1 Å². The van der Waals surface area contributed by atoms with E-state index >= 15 is 0 Å². The van der Waals surface area contributed by atoms with E-state index in [0.717, 1.165) is 35.2 Å². The predicted octanol–water partition coefficient (Wildman–Crippen LogP) is 3.95. The number of amides is 6. The van der Waals surface area contributed by atoms with E-state index in [1.165, 1.54) is 16.7 Å². The van der Waals surface area contributed by atoms with E-state index in [2.05, 4.69) is 22.4 Å². The van der Waals surface area contributed by atoms with Gasteiger partial charge in [-0.05, 0) is 48.6 Å². The summed E-state index contributed by atoms with van der Waals surface area (Å²) in [5.74, 6) is -1.72. The van der Waals surface area contributed by atoms with Gasteiger partial charge in [0.05, 0.1) is 26.4 Å². The molecule has 2 fully saturated rings. The van der Waals surface area contributed by atoms with Crippen molar-refractivity contribution in [2.75, 3.05) is 107 Å². The fraction of sp³-hybridized carbons (Fsp3) is 0.409. The second kappa shape index (κ2) is 17.4. The van der Waals surface area contributed by atoms with Crippen molar-refractivity contribution < 1.29 is 38.2 Å². The van der Waals surface area contributed by atoms with Gasteiger partial charge in [-0.3, -0.25) is 38.6 Å². The molecule has 0 N–H and O–H groups in total. The molecule has 4 aliphatic rings. The van der Waals surface area contributed by atoms with Crippen molar-refractivity contribution in [2.45, 2.75) is 19.8 Å². The maximum Gasteiger partial charge on any atom is 0.261 e. The molecule has 6 amide bonds. The molecule has 8 rings (SSSR count). The Morgan fingerprint density at radius 1 is 0.593 bits per heavy atom. The van der Waals surface area contributed by atoms with Crippen LogP contribution in [0.3, 0.4) is 0 Å². The zero-order chi connectivity index (χ0) is 41.2. The average molecular weight is 821 g/mol. The van der Waals surface area contributed by atoms with E-state index in [-0.39, 0.29) is 57.5 Å². The van der Waals surface area contributed by atoms with Crippen molar-refractivity contribution in [1.82, 2.24) is 19.6 Å². The van der Waals surface area contributed by atoms with Gasteiger partial charge in [0.15, 0.2) is 0 Å². The minimum atomic E-state index is -0.408. The van der Waals surface area contributed by atoms with Crippen LogP contribution in [0.1, 0.15) is 61.2 Å². The number of nitrogens with zero attached hydrogens (tertiary/aromatic N) is 6. The molecule has 0 radical (unpaired) electrons. The Balaban J connectivity index is 0.915. The third-order valence-corrected chi connectivity index (χ3v) is 12.0. The Kier molecular flexibility index (Phi) is 11.9. The minimum Gasteiger partial charge on any atom is -0.378 e. The first-order chi connectivity index (χ1) is 28.7. The monoisotopic (exact) mass is 820 g/mol. The number of hydrogen-bond donors (Lipinski definition) is 1. The molecule has 0 bridgehead atoms. The fourth-order valence-electron chi connectivity index (χ4n) is 8.76. The summed E-state index contributed by atoms with van der Waals surface area (Å²) in [6, 6.07) is 18.4. The summed E-state index contributed by atoms with van der Waals surface area (Å²) in [5, 5.41) is 2.98. The highest BCUT2D eigenvalue weighted by molar-refractivity contribution is 7.80. The lowest BCUT2D eigenvalue weighted by atomic mass is 9.92. The van der Waals surface area contributed by atoms with Gasteiger partial charge in [-0.25, -0.2) is 0 Å². The van der Waals surface area contributed by atoms with Crippen LogP contribution in [0.25, 0.3) is 21.5 Å². The van der Waals surface area contributed by atoms with Gasteiger partial charge in [-0.1, -0.05) is 24.3 Å². The summed E-state index contributed by atoms with van der Waals surface area (Å²) in [6.45, 7) is 7.46. The second-order valence-electron chi connectivity index (χ2n) is 15.2. The molecule has 4 aromatic carbocycles. The van der Waals surface area contributed by atoms with Gasteiger partial charge in [0.25, 0.3) is 23.6 Å². The number of thiol groups is 1. The largest absolute Gasteiger partial charge is 0.378 e. The molecule has 0 saturated carbocycles. The van der Waals surface area contributed by atoms with Gasteiger partial charge in [0.2, 0.25) is 11.8 Å².